The zero-order valence-corrected chi connectivity index (χ0v) is 9.33. The van der Waals surface area contributed by atoms with Gasteiger partial charge in [-0.3, -0.25) is 0 Å². The molecule has 0 bridgehead atoms. The molecule has 2 aromatic carbocycles. The zero-order valence-electron chi connectivity index (χ0n) is 9.33. The average Bonchev–Trinajstić information content (AvgIpc) is 2.36. The van der Waals surface area contributed by atoms with Gasteiger partial charge < -0.3 is 5.41 Å². The highest BCUT2D eigenvalue weighted by Gasteiger charge is 2.11. The number of benzene rings is 2. The Hall–Kier alpha value is -2.33. The van der Waals surface area contributed by atoms with Crippen LogP contribution in [0.15, 0.2) is 48.5 Å². The molecule has 1 aliphatic carbocycles. The van der Waals surface area contributed by atoms with Gasteiger partial charge in [-0.15, -0.1) is 0 Å². The molecule has 0 spiro atoms. The maximum atomic E-state index is 8.17. The lowest BCUT2D eigenvalue weighted by atomic mass is 9.93. The first-order chi connectivity index (χ1) is 8.34. The third-order valence-electron chi connectivity index (χ3n) is 2.97. The molecule has 0 fully saturated rings. The lowest BCUT2D eigenvalue weighted by molar-refractivity contribution is 1.25. The molecule has 0 heterocycles. The quantitative estimate of drug-likeness (QED) is 0.656. The van der Waals surface area contributed by atoms with Gasteiger partial charge in [-0.25, -0.2) is 0 Å². The Morgan fingerprint density at radius 3 is 2.35 bits per heavy atom. The highest BCUT2D eigenvalue weighted by atomic mass is 14.4. The third-order valence-corrected chi connectivity index (χ3v) is 2.97. The van der Waals surface area contributed by atoms with Crippen molar-refractivity contribution in [3.05, 3.63) is 70.8 Å². The minimum atomic E-state index is 0.641. The topological polar surface area (TPSA) is 23.9 Å². The minimum absolute atomic E-state index is 0.641. The summed E-state index contributed by atoms with van der Waals surface area (Å²) in [6, 6.07) is 15.9. The maximum absolute atomic E-state index is 8.17. The van der Waals surface area contributed by atoms with Gasteiger partial charge in [-0.2, -0.15) is 0 Å². The van der Waals surface area contributed by atoms with Gasteiger partial charge in [0.25, 0.3) is 0 Å². The van der Waals surface area contributed by atoms with E-state index in [1.165, 1.54) is 0 Å². The average molecular weight is 217 g/mol. The molecule has 0 amide bonds. The summed E-state index contributed by atoms with van der Waals surface area (Å²) in [4.78, 5) is 0. The molecular weight excluding hydrogens is 206 g/mol. The SMILES string of the molecule is N=C1Cc2ccccc2C#Cc2ccccc21. The summed E-state index contributed by atoms with van der Waals surface area (Å²) >= 11 is 0. The van der Waals surface area contributed by atoms with Crippen molar-refractivity contribution in [1.82, 2.24) is 0 Å². The van der Waals surface area contributed by atoms with Crippen LogP contribution in [-0.2, 0) is 6.42 Å². The van der Waals surface area contributed by atoms with E-state index in [1.54, 1.807) is 0 Å². The lowest BCUT2D eigenvalue weighted by Gasteiger charge is -2.11. The molecule has 0 radical (unpaired) electrons. The van der Waals surface area contributed by atoms with Crippen molar-refractivity contribution in [1.29, 1.82) is 5.41 Å². The van der Waals surface area contributed by atoms with Gasteiger partial charge in [0.1, 0.15) is 0 Å². The van der Waals surface area contributed by atoms with Crippen LogP contribution in [0.25, 0.3) is 0 Å². The maximum Gasteiger partial charge on any atom is 0.0442 e. The van der Waals surface area contributed by atoms with Gasteiger partial charge in [0.15, 0.2) is 0 Å². The molecule has 1 N–H and O–H groups in total. The van der Waals surface area contributed by atoms with Crippen LogP contribution in [0, 0.1) is 17.3 Å². The van der Waals surface area contributed by atoms with Crippen LogP contribution in [0.3, 0.4) is 0 Å². The Labute approximate surface area is 101 Å². The van der Waals surface area contributed by atoms with Gasteiger partial charge >= 0.3 is 0 Å². The van der Waals surface area contributed by atoms with Crippen LogP contribution in [0.2, 0.25) is 0 Å². The number of hydrogen-bond acceptors (Lipinski definition) is 1. The Bertz CT molecular complexity index is 656. The van der Waals surface area contributed by atoms with Crippen molar-refractivity contribution >= 4 is 5.71 Å². The first-order valence-electron chi connectivity index (χ1n) is 5.61. The van der Waals surface area contributed by atoms with E-state index in [0.717, 1.165) is 22.3 Å². The van der Waals surface area contributed by atoms with Gasteiger partial charge in [0, 0.05) is 28.8 Å². The molecule has 0 aliphatic heterocycles. The second-order valence-electron chi connectivity index (χ2n) is 4.11. The Balaban J connectivity index is 2.24. The van der Waals surface area contributed by atoms with Crippen molar-refractivity contribution in [2.24, 2.45) is 0 Å². The summed E-state index contributed by atoms with van der Waals surface area (Å²) in [6.07, 6.45) is 0.655. The first-order valence-corrected chi connectivity index (χ1v) is 5.61. The second-order valence-corrected chi connectivity index (χ2v) is 4.11. The van der Waals surface area contributed by atoms with Crippen LogP contribution < -0.4 is 0 Å². The van der Waals surface area contributed by atoms with Crippen LogP contribution in [0.4, 0.5) is 0 Å². The second kappa shape index (κ2) is 3.92. The predicted molar refractivity (Wildman–Crippen MR) is 69.4 cm³/mol. The van der Waals surface area contributed by atoms with E-state index in [2.05, 4.69) is 11.8 Å². The molecule has 80 valence electrons. The standard InChI is InChI=1S/C16H11N/c17-16-11-14-7-2-1-5-12(14)9-10-13-6-3-4-8-15(13)16/h1-8,17H,11H2. The van der Waals surface area contributed by atoms with E-state index in [-0.39, 0.29) is 0 Å². The molecule has 17 heavy (non-hydrogen) atoms. The van der Waals surface area contributed by atoms with Crippen LogP contribution >= 0.6 is 0 Å². The van der Waals surface area contributed by atoms with Crippen molar-refractivity contribution in [3.63, 3.8) is 0 Å². The van der Waals surface area contributed by atoms with Gasteiger partial charge in [-0.1, -0.05) is 48.2 Å². The molecule has 1 nitrogen and oxygen atoms in total. The summed E-state index contributed by atoms with van der Waals surface area (Å²) < 4.78 is 0. The minimum Gasteiger partial charge on any atom is -0.304 e. The van der Waals surface area contributed by atoms with E-state index in [4.69, 9.17) is 5.41 Å². The summed E-state index contributed by atoms with van der Waals surface area (Å²) in [5.74, 6) is 6.36. The molecule has 2 aromatic rings. The Morgan fingerprint density at radius 2 is 1.47 bits per heavy atom. The van der Waals surface area contributed by atoms with Crippen molar-refractivity contribution in [3.8, 4) is 11.8 Å². The van der Waals surface area contributed by atoms with Gasteiger partial charge in [-0.05, 0) is 17.7 Å². The number of hydrogen-bond donors (Lipinski definition) is 1. The highest BCUT2D eigenvalue weighted by Crippen LogP contribution is 2.17. The molecule has 0 atom stereocenters. The molecule has 3 rings (SSSR count). The molecular formula is C16H11N. The van der Waals surface area contributed by atoms with E-state index < -0.39 is 0 Å². The van der Waals surface area contributed by atoms with E-state index in [0.29, 0.717) is 12.1 Å². The number of nitrogens with one attached hydrogen (secondary N) is 1. The van der Waals surface area contributed by atoms with Crippen LogP contribution in [0.1, 0.15) is 22.3 Å². The molecule has 0 saturated heterocycles. The first kappa shape index (κ1) is 9.86. The fourth-order valence-corrected chi connectivity index (χ4v) is 2.07. The predicted octanol–water partition coefficient (Wildman–Crippen LogP) is 3.01. The van der Waals surface area contributed by atoms with Gasteiger partial charge in [0.05, 0.1) is 0 Å². The van der Waals surface area contributed by atoms with E-state index in [9.17, 15) is 0 Å². The fourth-order valence-electron chi connectivity index (χ4n) is 2.07. The van der Waals surface area contributed by atoms with Gasteiger partial charge in [0.2, 0.25) is 0 Å². The normalized spacial score (nSPS) is 12.6. The number of fused-ring (bicyclic) bond motifs is 2. The summed E-state index contributed by atoms with van der Waals surface area (Å²) in [5, 5.41) is 8.17. The molecule has 0 unspecified atom stereocenters. The lowest BCUT2D eigenvalue weighted by Crippen LogP contribution is -2.08. The molecule has 0 saturated carbocycles. The summed E-state index contributed by atoms with van der Waals surface area (Å²) in [5.41, 5.74) is 4.72. The van der Waals surface area contributed by atoms with Crippen molar-refractivity contribution in [2.75, 3.05) is 0 Å². The molecule has 0 aromatic heterocycles. The fraction of sp³-hybridized carbons (Fsp3) is 0.0625. The zero-order chi connectivity index (χ0) is 11.7. The van der Waals surface area contributed by atoms with Crippen LogP contribution in [0.5, 0.6) is 0 Å². The smallest absolute Gasteiger partial charge is 0.0442 e. The molecule has 1 aliphatic rings. The monoisotopic (exact) mass is 217 g/mol. The largest absolute Gasteiger partial charge is 0.304 e. The Morgan fingerprint density at radius 1 is 0.824 bits per heavy atom. The Kier molecular flexibility index (Phi) is 2.27. The number of rotatable bonds is 0. The molecule has 1 heteroatoms. The summed E-state index contributed by atoms with van der Waals surface area (Å²) in [7, 11) is 0. The van der Waals surface area contributed by atoms with E-state index >= 15 is 0 Å². The summed E-state index contributed by atoms with van der Waals surface area (Å²) in [6.45, 7) is 0. The highest BCUT2D eigenvalue weighted by molar-refractivity contribution is 6.02. The van der Waals surface area contributed by atoms with Crippen molar-refractivity contribution < 1.29 is 0 Å². The third kappa shape index (κ3) is 1.74. The van der Waals surface area contributed by atoms with Crippen molar-refractivity contribution in [2.45, 2.75) is 6.42 Å². The van der Waals surface area contributed by atoms with E-state index in [1.807, 2.05) is 48.5 Å². The van der Waals surface area contributed by atoms with Crippen LogP contribution in [-0.4, -0.2) is 5.71 Å².